The quantitative estimate of drug-likeness (QED) is 0.280. The molecule has 5 rings (SSSR count). The van der Waals surface area contributed by atoms with E-state index in [2.05, 4.69) is 19.9 Å². The van der Waals surface area contributed by atoms with Crippen molar-refractivity contribution in [3.05, 3.63) is 46.6 Å². The Morgan fingerprint density at radius 1 is 1.13 bits per heavy atom. The van der Waals surface area contributed by atoms with Gasteiger partial charge in [-0.2, -0.15) is 0 Å². The summed E-state index contributed by atoms with van der Waals surface area (Å²) in [5, 5.41) is 11.8. The predicted molar refractivity (Wildman–Crippen MR) is 153 cm³/mol. The van der Waals surface area contributed by atoms with Crippen LogP contribution in [0.25, 0.3) is 0 Å². The Kier molecular flexibility index (Phi) is 9.53. The minimum atomic E-state index is -2.69. The summed E-state index contributed by atoms with van der Waals surface area (Å²) < 4.78 is 31.8. The molecule has 2 aliphatic carbocycles. The Bertz CT molecular complexity index is 1180. The molecule has 1 amide bonds. The third-order valence-corrected chi connectivity index (χ3v) is 8.70. The van der Waals surface area contributed by atoms with Crippen molar-refractivity contribution in [2.75, 3.05) is 40.4 Å². The Labute approximate surface area is 232 Å². The molecule has 0 radical (unpaired) electrons. The van der Waals surface area contributed by atoms with Gasteiger partial charge in [-0.05, 0) is 62.1 Å². The van der Waals surface area contributed by atoms with Gasteiger partial charge < -0.3 is 20.0 Å². The number of carbonyl (C=O) groups excluding carboxylic acids is 1. The number of carbonyl (C=O) groups is 1. The topological polar surface area (TPSA) is 99.5 Å². The van der Waals surface area contributed by atoms with Crippen molar-refractivity contribution in [2.24, 2.45) is 5.41 Å². The second-order valence-corrected chi connectivity index (χ2v) is 11.4. The Morgan fingerprint density at radius 2 is 1.82 bits per heavy atom. The fraction of sp³-hybridized carbons (Fsp3) is 0.607. The molecule has 1 aromatic carbocycles. The van der Waals surface area contributed by atoms with E-state index in [0.717, 1.165) is 37.3 Å². The molecule has 2 saturated carbocycles. The smallest absolute Gasteiger partial charge is 0.277 e. The average molecular weight is 564 g/mol. The number of rotatable bonds is 8. The minimum Gasteiger partial charge on any atom is -0.395 e. The Hall–Kier alpha value is -2.66. The van der Waals surface area contributed by atoms with Crippen molar-refractivity contribution in [3.63, 3.8) is 0 Å². The number of amides is 1. The van der Waals surface area contributed by atoms with Crippen LogP contribution in [0.5, 0.6) is 0 Å². The molecule has 8 nitrogen and oxygen atoms in total. The highest BCUT2D eigenvalue weighted by atomic mass is 32.2. The zero-order valence-corrected chi connectivity index (χ0v) is 23.5. The second kappa shape index (κ2) is 12.7. The van der Waals surface area contributed by atoms with Crippen molar-refractivity contribution in [1.82, 2.24) is 9.55 Å². The summed E-state index contributed by atoms with van der Waals surface area (Å²) in [5.41, 5.74) is 2.15. The van der Waals surface area contributed by atoms with Crippen LogP contribution in [0.1, 0.15) is 81.6 Å². The first-order valence-electron chi connectivity index (χ1n) is 13.9. The van der Waals surface area contributed by atoms with Gasteiger partial charge in [0.2, 0.25) is 5.92 Å². The lowest BCUT2D eigenvalue weighted by Gasteiger charge is -2.35. The number of aromatic nitrogens is 2. The molecular formula is C28H39F2N5O3S. The van der Waals surface area contributed by atoms with Gasteiger partial charge in [0.05, 0.1) is 30.4 Å². The highest BCUT2D eigenvalue weighted by Crippen LogP contribution is 2.54. The van der Waals surface area contributed by atoms with Crippen molar-refractivity contribution < 1.29 is 18.7 Å². The van der Waals surface area contributed by atoms with Gasteiger partial charge in [-0.1, -0.05) is 25.8 Å². The molecule has 1 aromatic heterocycles. The monoisotopic (exact) mass is 563 g/mol. The zero-order valence-electron chi connectivity index (χ0n) is 22.7. The number of nitrogens with one attached hydrogen (secondary N) is 2. The molecule has 1 saturated heterocycles. The molecule has 0 atom stereocenters. The number of hydrogen-bond acceptors (Lipinski definition) is 7. The Morgan fingerprint density at radius 3 is 2.46 bits per heavy atom. The highest BCUT2D eigenvalue weighted by molar-refractivity contribution is 8.00. The van der Waals surface area contributed by atoms with Crippen molar-refractivity contribution in [1.29, 1.82) is 0 Å². The van der Waals surface area contributed by atoms with Crippen molar-refractivity contribution >= 4 is 34.9 Å². The summed E-state index contributed by atoms with van der Waals surface area (Å²) in [4.78, 5) is 32.9. The number of aliphatic hydroxyl groups excluding tert-OH is 1. The maximum absolute atomic E-state index is 13.6. The lowest BCUT2D eigenvalue weighted by Crippen LogP contribution is -2.36. The number of halogens is 2. The molecule has 0 unspecified atom stereocenters. The minimum absolute atomic E-state index is 0.0343. The first kappa shape index (κ1) is 29.3. The van der Waals surface area contributed by atoms with E-state index in [-0.39, 0.29) is 44.0 Å². The van der Waals surface area contributed by atoms with Crippen LogP contribution in [0.3, 0.4) is 0 Å². The van der Waals surface area contributed by atoms with Gasteiger partial charge in [0.25, 0.3) is 11.5 Å². The molecule has 2 aromatic rings. The van der Waals surface area contributed by atoms with Crippen LogP contribution in [-0.2, 0) is 0 Å². The molecule has 3 fully saturated rings. The SMILES string of the molecule is CC.O=C(Nc1cncn(C2CCC(F)(F)CC2)c1=O)c1ccc(NSCCO)cc1N1CCC2(CC1)CC2. The van der Waals surface area contributed by atoms with Gasteiger partial charge in [-0.15, -0.1) is 0 Å². The first-order chi connectivity index (χ1) is 18.8. The van der Waals surface area contributed by atoms with Crippen LogP contribution in [0.15, 0.2) is 35.5 Å². The molecule has 0 bridgehead atoms. The molecular weight excluding hydrogens is 524 g/mol. The van der Waals surface area contributed by atoms with E-state index >= 15 is 0 Å². The van der Waals surface area contributed by atoms with Gasteiger partial charge in [-0.25, -0.2) is 13.8 Å². The first-order valence-corrected chi connectivity index (χ1v) is 14.9. The van der Waals surface area contributed by atoms with E-state index in [1.54, 1.807) is 12.1 Å². The van der Waals surface area contributed by atoms with E-state index < -0.39 is 17.4 Å². The van der Waals surface area contributed by atoms with Crippen molar-refractivity contribution in [3.8, 4) is 0 Å². The largest absolute Gasteiger partial charge is 0.395 e. The third kappa shape index (κ3) is 7.11. The second-order valence-electron chi connectivity index (χ2n) is 10.5. The molecule has 1 spiro atoms. The maximum atomic E-state index is 13.6. The standard InChI is InChI=1S/C26H33F2N5O3S.C2H6/c27-26(28)5-3-19(4-6-26)33-17-29-16-21(24(33)36)30-23(35)20-2-1-18(31-37-14-13-34)15-22(20)32-11-9-25(7-8-25)10-12-32;1-2/h1-2,15-17,19,31,34H,3-14H2,(H,30,35);1-2H3. The van der Waals surface area contributed by atoms with Gasteiger partial charge in [0, 0.05) is 43.4 Å². The molecule has 39 heavy (non-hydrogen) atoms. The van der Waals surface area contributed by atoms with Crippen LogP contribution in [-0.4, -0.2) is 51.9 Å². The van der Waals surface area contributed by atoms with Crippen molar-refractivity contribution in [2.45, 2.75) is 77.2 Å². The maximum Gasteiger partial charge on any atom is 0.277 e. The number of aliphatic hydroxyl groups is 1. The fourth-order valence-electron chi connectivity index (χ4n) is 5.39. The molecule has 214 valence electrons. The summed E-state index contributed by atoms with van der Waals surface area (Å²) >= 11 is 1.39. The normalized spacial score (nSPS) is 19.7. The predicted octanol–water partition coefficient (Wildman–Crippen LogP) is 5.71. The summed E-state index contributed by atoms with van der Waals surface area (Å²) in [6.45, 7) is 5.78. The number of alkyl halides is 2. The van der Waals surface area contributed by atoms with Crippen LogP contribution < -0.4 is 20.5 Å². The lowest BCUT2D eigenvalue weighted by atomic mass is 9.92. The van der Waals surface area contributed by atoms with E-state index in [1.807, 2.05) is 19.9 Å². The van der Waals surface area contributed by atoms with Crippen LogP contribution in [0.2, 0.25) is 0 Å². The number of piperidine rings is 1. The van der Waals surface area contributed by atoms with Crippen LogP contribution in [0.4, 0.5) is 25.8 Å². The number of benzene rings is 1. The number of anilines is 3. The Balaban J connectivity index is 0.00000172. The van der Waals surface area contributed by atoms with Gasteiger partial charge in [0.1, 0.15) is 5.69 Å². The van der Waals surface area contributed by atoms with E-state index in [9.17, 15) is 18.4 Å². The molecule has 1 aliphatic heterocycles. The molecule has 3 N–H and O–H groups in total. The van der Waals surface area contributed by atoms with E-state index in [4.69, 9.17) is 5.11 Å². The zero-order chi connectivity index (χ0) is 28.0. The summed E-state index contributed by atoms with van der Waals surface area (Å²) in [5.74, 6) is -2.57. The van der Waals surface area contributed by atoms with Crippen LogP contribution >= 0.6 is 11.9 Å². The summed E-state index contributed by atoms with van der Waals surface area (Å²) in [7, 11) is 0. The fourth-order valence-corrected chi connectivity index (χ4v) is 5.88. The average Bonchev–Trinajstić information content (AvgIpc) is 3.70. The van der Waals surface area contributed by atoms with Gasteiger partial charge in [0.15, 0.2) is 0 Å². The van der Waals surface area contributed by atoms with Crippen LogP contribution in [0, 0.1) is 5.41 Å². The third-order valence-electron chi connectivity index (χ3n) is 7.94. The summed E-state index contributed by atoms with van der Waals surface area (Å²) in [6, 6.07) is 5.12. The number of nitrogens with zero attached hydrogens (tertiary/aromatic N) is 3. The van der Waals surface area contributed by atoms with Gasteiger partial charge >= 0.3 is 0 Å². The lowest BCUT2D eigenvalue weighted by molar-refractivity contribution is -0.0443. The van der Waals surface area contributed by atoms with Gasteiger partial charge in [-0.3, -0.25) is 14.2 Å². The van der Waals surface area contributed by atoms with E-state index in [1.165, 1.54) is 41.9 Å². The highest BCUT2D eigenvalue weighted by Gasteiger charge is 2.44. The summed E-state index contributed by atoms with van der Waals surface area (Å²) in [6.07, 6.45) is 7.27. The number of hydrogen-bond donors (Lipinski definition) is 3. The molecule has 11 heteroatoms. The van der Waals surface area contributed by atoms with E-state index in [0.29, 0.717) is 16.7 Å². The molecule has 2 heterocycles. The molecule has 3 aliphatic rings.